The van der Waals surface area contributed by atoms with Crippen LogP contribution in [-0.4, -0.2) is 11.2 Å². The van der Waals surface area contributed by atoms with Crippen LogP contribution < -0.4 is 0 Å². The molecule has 1 heteroatoms. The zero-order valence-electron chi connectivity index (χ0n) is 12.2. The minimum Gasteiger partial charge on any atom is -0.393 e. The highest BCUT2D eigenvalue weighted by molar-refractivity contribution is 5.14. The van der Waals surface area contributed by atoms with Gasteiger partial charge in [0.15, 0.2) is 0 Å². The second kappa shape index (κ2) is 4.35. The number of hydrogen-bond acceptors (Lipinski definition) is 1. The molecule has 3 saturated carbocycles. The smallest absolute Gasteiger partial charge is 0.0543 e. The van der Waals surface area contributed by atoms with Crippen LogP contribution in [0.15, 0.2) is 12.2 Å². The minimum atomic E-state index is 0.0137. The number of rotatable bonds is 0. The molecular weight excluding hydrogens is 232 g/mol. The molecule has 19 heavy (non-hydrogen) atoms. The van der Waals surface area contributed by atoms with Crippen LogP contribution in [0.2, 0.25) is 0 Å². The summed E-state index contributed by atoms with van der Waals surface area (Å²) in [7, 11) is 0. The molecule has 4 aliphatic rings. The predicted molar refractivity (Wildman–Crippen MR) is 77.6 cm³/mol. The molecule has 1 unspecified atom stereocenters. The van der Waals surface area contributed by atoms with Crippen LogP contribution in [0.1, 0.15) is 58.3 Å². The summed E-state index contributed by atoms with van der Waals surface area (Å²) >= 11 is 0. The molecule has 0 bridgehead atoms. The third-order valence-corrected chi connectivity index (χ3v) is 7.25. The number of aliphatic hydroxyl groups is 1. The van der Waals surface area contributed by atoms with Crippen molar-refractivity contribution in [3.8, 4) is 0 Å². The topological polar surface area (TPSA) is 20.2 Å². The van der Waals surface area contributed by atoms with Gasteiger partial charge in [0, 0.05) is 0 Å². The van der Waals surface area contributed by atoms with Crippen molar-refractivity contribution in [1.82, 2.24) is 0 Å². The van der Waals surface area contributed by atoms with E-state index in [9.17, 15) is 5.11 Å². The summed E-state index contributed by atoms with van der Waals surface area (Å²) in [6, 6.07) is 0. The quantitative estimate of drug-likeness (QED) is 0.648. The molecule has 4 aliphatic carbocycles. The Kier molecular flexibility index (Phi) is 2.85. The largest absolute Gasteiger partial charge is 0.393 e. The van der Waals surface area contributed by atoms with Crippen LogP contribution in [0.5, 0.6) is 0 Å². The van der Waals surface area contributed by atoms with Crippen LogP contribution in [0.4, 0.5) is 0 Å². The molecule has 0 saturated heterocycles. The molecule has 0 aromatic carbocycles. The third-order valence-electron chi connectivity index (χ3n) is 7.25. The zero-order valence-corrected chi connectivity index (χ0v) is 12.2. The molecule has 0 aromatic heterocycles. The maximum atomic E-state index is 9.93. The lowest BCUT2D eigenvalue weighted by Gasteiger charge is -2.55. The second-order valence-corrected chi connectivity index (χ2v) is 8.08. The molecule has 0 spiro atoms. The molecule has 0 aromatic rings. The zero-order chi connectivity index (χ0) is 13.0. The maximum Gasteiger partial charge on any atom is 0.0543 e. The van der Waals surface area contributed by atoms with Gasteiger partial charge in [0.25, 0.3) is 0 Å². The lowest BCUT2D eigenvalue weighted by molar-refractivity contribution is -0.0607. The molecule has 7 atom stereocenters. The normalized spacial score (nSPS) is 56.3. The van der Waals surface area contributed by atoms with Gasteiger partial charge in [-0.15, -0.1) is 0 Å². The predicted octanol–water partition coefficient (Wildman–Crippen LogP) is 4.17. The van der Waals surface area contributed by atoms with E-state index in [0.717, 1.165) is 42.4 Å². The summed E-state index contributed by atoms with van der Waals surface area (Å²) in [4.78, 5) is 0. The Bertz CT molecular complexity index is 387. The summed E-state index contributed by atoms with van der Waals surface area (Å²) in [5.41, 5.74) is 0.530. The van der Waals surface area contributed by atoms with E-state index in [1.165, 1.54) is 38.5 Å². The summed E-state index contributed by atoms with van der Waals surface area (Å²) in [6.07, 6.45) is 15.6. The van der Waals surface area contributed by atoms with E-state index in [4.69, 9.17) is 0 Å². The van der Waals surface area contributed by atoms with E-state index in [0.29, 0.717) is 5.41 Å². The Morgan fingerprint density at radius 2 is 1.84 bits per heavy atom. The highest BCUT2D eigenvalue weighted by Gasteiger charge is 2.52. The van der Waals surface area contributed by atoms with Crippen molar-refractivity contribution in [2.24, 2.45) is 35.0 Å². The van der Waals surface area contributed by atoms with Gasteiger partial charge in [0.2, 0.25) is 0 Å². The van der Waals surface area contributed by atoms with E-state index in [-0.39, 0.29) is 6.10 Å². The van der Waals surface area contributed by atoms with Crippen LogP contribution in [0.3, 0.4) is 0 Å². The average molecular weight is 260 g/mol. The van der Waals surface area contributed by atoms with Gasteiger partial charge in [0.05, 0.1) is 6.10 Å². The standard InChI is InChI=1S/C18H28O/c1-18-9-2-3-17(18)16-6-4-12-11-13(19)5-7-14(12)15(16)8-10-18/h2,9,12-17,19H,3-8,10-11H2,1H3/t12?,13-,14+,15-,16-,17+,18+/m1/s1. The Balaban J connectivity index is 1.57. The number of allylic oxidation sites excluding steroid dienone is 2. The van der Waals surface area contributed by atoms with Gasteiger partial charge < -0.3 is 5.11 Å². The average Bonchev–Trinajstić information content (AvgIpc) is 2.79. The lowest BCUT2D eigenvalue weighted by Crippen LogP contribution is -2.47. The van der Waals surface area contributed by atoms with Gasteiger partial charge in [-0.1, -0.05) is 19.1 Å². The van der Waals surface area contributed by atoms with Gasteiger partial charge >= 0.3 is 0 Å². The highest BCUT2D eigenvalue weighted by atomic mass is 16.3. The fourth-order valence-electron chi connectivity index (χ4n) is 6.31. The SMILES string of the molecule is C[C@@]12C=CC[C@H]1[C@@H]1CCC3C[C@H](O)CC[C@@H]3[C@H]1CC2. The van der Waals surface area contributed by atoms with Crippen molar-refractivity contribution < 1.29 is 5.11 Å². The van der Waals surface area contributed by atoms with Gasteiger partial charge in [-0.3, -0.25) is 0 Å². The number of fused-ring (bicyclic) bond motifs is 5. The Morgan fingerprint density at radius 1 is 1.00 bits per heavy atom. The molecule has 3 fully saturated rings. The van der Waals surface area contributed by atoms with Crippen LogP contribution in [0, 0.1) is 35.0 Å². The molecule has 1 N–H and O–H groups in total. The monoisotopic (exact) mass is 260 g/mol. The first-order valence-corrected chi connectivity index (χ1v) is 8.53. The van der Waals surface area contributed by atoms with Crippen molar-refractivity contribution in [2.45, 2.75) is 64.4 Å². The van der Waals surface area contributed by atoms with Crippen LogP contribution >= 0.6 is 0 Å². The van der Waals surface area contributed by atoms with Crippen molar-refractivity contribution in [3.63, 3.8) is 0 Å². The summed E-state index contributed by atoms with van der Waals surface area (Å²) < 4.78 is 0. The van der Waals surface area contributed by atoms with Crippen molar-refractivity contribution in [2.75, 3.05) is 0 Å². The molecule has 0 aliphatic heterocycles. The second-order valence-electron chi connectivity index (χ2n) is 8.08. The number of hydrogen-bond donors (Lipinski definition) is 1. The van der Waals surface area contributed by atoms with Crippen molar-refractivity contribution in [3.05, 3.63) is 12.2 Å². The van der Waals surface area contributed by atoms with Crippen LogP contribution in [-0.2, 0) is 0 Å². The fraction of sp³-hybridized carbons (Fsp3) is 0.889. The minimum absolute atomic E-state index is 0.0137. The van der Waals surface area contributed by atoms with Crippen molar-refractivity contribution in [1.29, 1.82) is 0 Å². The van der Waals surface area contributed by atoms with Gasteiger partial charge in [-0.05, 0) is 86.4 Å². The third kappa shape index (κ3) is 1.84. The lowest BCUT2D eigenvalue weighted by atomic mass is 9.50. The highest BCUT2D eigenvalue weighted by Crippen LogP contribution is 2.60. The first kappa shape index (κ1) is 12.4. The first-order chi connectivity index (χ1) is 9.17. The van der Waals surface area contributed by atoms with Crippen LogP contribution in [0.25, 0.3) is 0 Å². The summed E-state index contributed by atoms with van der Waals surface area (Å²) in [6.45, 7) is 2.51. The van der Waals surface area contributed by atoms with Crippen molar-refractivity contribution >= 4 is 0 Å². The van der Waals surface area contributed by atoms with Gasteiger partial charge in [-0.25, -0.2) is 0 Å². The first-order valence-electron chi connectivity index (χ1n) is 8.53. The van der Waals surface area contributed by atoms with E-state index in [2.05, 4.69) is 19.1 Å². The summed E-state index contributed by atoms with van der Waals surface area (Å²) in [5.74, 6) is 4.73. The molecule has 0 radical (unpaired) electrons. The Hall–Kier alpha value is -0.300. The van der Waals surface area contributed by atoms with E-state index in [1.54, 1.807) is 0 Å². The van der Waals surface area contributed by atoms with E-state index >= 15 is 0 Å². The molecule has 0 heterocycles. The molecule has 0 amide bonds. The van der Waals surface area contributed by atoms with Gasteiger partial charge in [-0.2, -0.15) is 0 Å². The van der Waals surface area contributed by atoms with Gasteiger partial charge in [0.1, 0.15) is 0 Å². The molecule has 1 nitrogen and oxygen atoms in total. The molecule has 106 valence electrons. The molecule has 4 rings (SSSR count). The summed E-state index contributed by atoms with van der Waals surface area (Å²) in [5, 5.41) is 9.93. The molecular formula is C18H28O. The Morgan fingerprint density at radius 3 is 2.74 bits per heavy atom. The number of aliphatic hydroxyl groups excluding tert-OH is 1. The Labute approximate surface area is 117 Å². The maximum absolute atomic E-state index is 9.93. The fourth-order valence-corrected chi connectivity index (χ4v) is 6.31. The van der Waals surface area contributed by atoms with E-state index in [1.807, 2.05) is 0 Å². The van der Waals surface area contributed by atoms with E-state index < -0.39 is 0 Å².